The number of carbonyl (C=O) groups is 1. The summed E-state index contributed by atoms with van der Waals surface area (Å²) >= 11 is 0. The molecular weight excluding hydrogens is 326 g/mol. The molecule has 2 aromatic carbocycles. The number of para-hydroxylation sites is 1. The molecule has 0 unspecified atom stereocenters. The standard InChI is InChI=1S/C22H23NO3/c1-15-5-4-6-16(2)22(15)23-18(10-14-21(24)25)9-13-20(23)17-7-11-19(26-3)12-8-17/h4-9,11-13H,10,14H2,1-3H3,(H,24,25). The second-order valence-electron chi connectivity index (χ2n) is 6.41. The average Bonchev–Trinajstić information content (AvgIpc) is 3.03. The summed E-state index contributed by atoms with van der Waals surface area (Å²) in [6.45, 7) is 4.17. The van der Waals surface area contributed by atoms with Gasteiger partial charge in [-0.1, -0.05) is 18.2 Å². The molecule has 4 heteroatoms. The fourth-order valence-corrected chi connectivity index (χ4v) is 3.32. The number of rotatable bonds is 6. The van der Waals surface area contributed by atoms with Gasteiger partial charge in [-0.15, -0.1) is 0 Å². The van der Waals surface area contributed by atoms with E-state index in [1.165, 1.54) is 0 Å². The van der Waals surface area contributed by atoms with Gasteiger partial charge in [0.25, 0.3) is 0 Å². The Morgan fingerprint density at radius 2 is 1.65 bits per heavy atom. The van der Waals surface area contributed by atoms with Crippen LogP contribution in [0.1, 0.15) is 23.2 Å². The minimum atomic E-state index is -0.787. The quantitative estimate of drug-likeness (QED) is 0.696. The largest absolute Gasteiger partial charge is 0.497 e. The van der Waals surface area contributed by atoms with Gasteiger partial charge in [0, 0.05) is 5.69 Å². The highest BCUT2D eigenvalue weighted by Crippen LogP contribution is 2.31. The van der Waals surface area contributed by atoms with Gasteiger partial charge in [-0.25, -0.2) is 0 Å². The zero-order valence-corrected chi connectivity index (χ0v) is 15.3. The minimum absolute atomic E-state index is 0.108. The van der Waals surface area contributed by atoms with Gasteiger partial charge in [-0.05, 0) is 73.4 Å². The van der Waals surface area contributed by atoms with Crippen molar-refractivity contribution < 1.29 is 14.6 Å². The van der Waals surface area contributed by atoms with Gasteiger partial charge in [0.15, 0.2) is 0 Å². The highest BCUT2D eigenvalue weighted by atomic mass is 16.5. The zero-order valence-electron chi connectivity index (χ0n) is 15.3. The molecule has 0 bridgehead atoms. The maximum atomic E-state index is 11.1. The van der Waals surface area contributed by atoms with Crippen LogP contribution in [0.4, 0.5) is 0 Å². The predicted octanol–water partition coefficient (Wildman–Crippen LogP) is 4.79. The number of aliphatic carboxylic acids is 1. The van der Waals surface area contributed by atoms with E-state index in [1.807, 2.05) is 36.4 Å². The monoisotopic (exact) mass is 349 g/mol. The predicted molar refractivity (Wildman–Crippen MR) is 103 cm³/mol. The van der Waals surface area contributed by atoms with E-state index in [-0.39, 0.29) is 6.42 Å². The number of carboxylic acid groups (broad SMARTS) is 1. The maximum absolute atomic E-state index is 11.1. The van der Waals surface area contributed by atoms with Crippen molar-refractivity contribution in [2.75, 3.05) is 7.11 Å². The smallest absolute Gasteiger partial charge is 0.303 e. The van der Waals surface area contributed by atoms with Crippen LogP contribution in [-0.2, 0) is 11.2 Å². The van der Waals surface area contributed by atoms with Crippen LogP contribution in [0, 0.1) is 13.8 Å². The highest BCUT2D eigenvalue weighted by molar-refractivity contribution is 5.69. The fourth-order valence-electron chi connectivity index (χ4n) is 3.32. The van der Waals surface area contributed by atoms with E-state index >= 15 is 0 Å². The van der Waals surface area contributed by atoms with E-state index in [1.54, 1.807) is 7.11 Å². The fraction of sp³-hybridized carbons (Fsp3) is 0.227. The lowest BCUT2D eigenvalue weighted by Crippen LogP contribution is -2.08. The summed E-state index contributed by atoms with van der Waals surface area (Å²) in [6, 6.07) is 18.2. The van der Waals surface area contributed by atoms with Crippen LogP contribution in [0.15, 0.2) is 54.6 Å². The molecule has 0 saturated heterocycles. The Morgan fingerprint density at radius 3 is 2.23 bits per heavy atom. The van der Waals surface area contributed by atoms with E-state index in [2.05, 4.69) is 36.6 Å². The van der Waals surface area contributed by atoms with Crippen molar-refractivity contribution in [1.82, 2.24) is 4.57 Å². The first kappa shape index (κ1) is 17.8. The van der Waals surface area contributed by atoms with Crippen molar-refractivity contribution in [3.05, 3.63) is 71.4 Å². The molecule has 26 heavy (non-hydrogen) atoms. The SMILES string of the molecule is COc1ccc(-c2ccc(CCC(=O)O)n2-c2c(C)cccc2C)cc1. The molecule has 0 amide bonds. The van der Waals surface area contributed by atoms with E-state index in [9.17, 15) is 4.79 Å². The Hall–Kier alpha value is -3.01. The molecule has 4 nitrogen and oxygen atoms in total. The first-order valence-corrected chi connectivity index (χ1v) is 8.64. The molecule has 134 valence electrons. The normalized spacial score (nSPS) is 10.7. The van der Waals surface area contributed by atoms with Crippen molar-refractivity contribution in [2.45, 2.75) is 26.7 Å². The second kappa shape index (κ2) is 7.48. The van der Waals surface area contributed by atoms with Crippen LogP contribution >= 0.6 is 0 Å². The Kier molecular flexibility index (Phi) is 5.12. The Bertz CT molecular complexity index is 903. The van der Waals surface area contributed by atoms with Crippen molar-refractivity contribution in [3.63, 3.8) is 0 Å². The number of methoxy groups -OCH3 is 1. The summed E-state index contributed by atoms with van der Waals surface area (Å²) in [5, 5.41) is 9.10. The number of hydrogen-bond donors (Lipinski definition) is 1. The molecule has 3 rings (SSSR count). The molecule has 0 saturated carbocycles. The summed E-state index contributed by atoms with van der Waals surface area (Å²) in [5.41, 5.74) is 6.54. The Balaban J connectivity index is 2.17. The number of hydrogen-bond acceptors (Lipinski definition) is 2. The van der Waals surface area contributed by atoms with Gasteiger partial charge < -0.3 is 14.4 Å². The molecule has 3 aromatic rings. The molecule has 0 aliphatic rings. The third-order valence-corrected chi connectivity index (χ3v) is 4.61. The van der Waals surface area contributed by atoms with Crippen molar-refractivity contribution in [2.24, 2.45) is 0 Å². The summed E-state index contributed by atoms with van der Waals surface area (Å²) in [6.07, 6.45) is 0.594. The average molecular weight is 349 g/mol. The summed E-state index contributed by atoms with van der Waals surface area (Å²) in [4.78, 5) is 11.1. The Labute approximate surface area is 153 Å². The third-order valence-electron chi connectivity index (χ3n) is 4.61. The van der Waals surface area contributed by atoms with E-state index < -0.39 is 5.97 Å². The first-order chi connectivity index (χ1) is 12.5. The molecule has 0 aliphatic carbocycles. The van der Waals surface area contributed by atoms with E-state index in [0.717, 1.165) is 39.5 Å². The number of aromatic nitrogens is 1. The zero-order chi connectivity index (χ0) is 18.7. The molecule has 1 N–H and O–H groups in total. The van der Waals surface area contributed by atoms with Crippen LogP contribution in [0.2, 0.25) is 0 Å². The maximum Gasteiger partial charge on any atom is 0.303 e. The summed E-state index contributed by atoms with van der Waals surface area (Å²) in [7, 11) is 1.65. The van der Waals surface area contributed by atoms with E-state index in [0.29, 0.717) is 6.42 Å². The first-order valence-electron chi connectivity index (χ1n) is 8.64. The highest BCUT2D eigenvalue weighted by Gasteiger charge is 2.16. The molecule has 1 aromatic heterocycles. The van der Waals surface area contributed by atoms with Crippen molar-refractivity contribution in [3.8, 4) is 22.7 Å². The molecule has 1 heterocycles. The topological polar surface area (TPSA) is 51.5 Å². The van der Waals surface area contributed by atoms with Gasteiger partial charge in [-0.3, -0.25) is 4.79 Å². The van der Waals surface area contributed by atoms with Gasteiger partial charge in [0.05, 0.1) is 24.9 Å². The molecule has 0 spiro atoms. The number of carboxylic acids is 1. The lowest BCUT2D eigenvalue weighted by molar-refractivity contribution is -0.136. The minimum Gasteiger partial charge on any atom is -0.497 e. The van der Waals surface area contributed by atoms with Gasteiger partial charge in [-0.2, -0.15) is 0 Å². The van der Waals surface area contributed by atoms with Gasteiger partial charge in [0.1, 0.15) is 5.75 Å². The van der Waals surface area contributed by atoms with Crippen LogP contribution in [0.5, 0.6) is 5.75 Å². The molecule has 0 atom stereocenters. The van der Waals surface area contributed by atoms with Gasteiger partial charge in [0.2, 0.25) is 0 Å². The lowest BCUT2D eigenvalue weighted by Gasteiger charge is -2.18. The molecule has 0 aliphatic heterocycles. The van der Waals surface area contributed by atoms with Crippen molar-refractivity contribution in [1.29, 1.82) is 0 Å². The third kappa shape index (κ3) is 3.49. The second-order valence-corrected chi connectivity index (χ2v) is 6.41. The number of nitrogens with zero attached hydrogens (tertiary/aromatic N) is 1. The molecule has 0 fully saturated rings. The van der Waals surface area contributed by atoms with Gasteiger partial charge >= 0.3 is 5.97 Å². The van der Waals surface area contributed by atoms with E-state index in [4.69, 9.17) is 9.84 Å². The number of ether oxygens (including phenoxy) is 1. The summed E-state index contributed by atoms with van der Waals surface area (Å²) in [5.74, 6) is 0.0234. The van der Waals surface area contributed by atoms with Crippen LogP contribution in [0.25, 0.3) is 16.9 Å². The lowest BCUT2D eigenvalue weighted by atomic mass is 10.1. The molecule has 0 radical (unpaired) electrons. The van der Waals surface area contributed by atoms with Crippen LogP contribution < -0.4 is 4.74 Å². The van der Waals surface area contributed by atoms with Crippen molar-refractivity contribution >= 4 is 5.97 Å². The number of benzene rings is 2. The number of aryl methyl sites for hydroxylation is 3. The summed E-state index contributed by atoms with van der Waals surface area (Å²) < 4.78 is 7.45. The molecular formula is C22H23NO3. The van der Waals surface area contributed by atoms with Crippen LogP contribution in [0.3, 0.4) is 0 Å². The van der Waals surface area contributed by atoms with Crippen LogP contribution in [-0.4, -0.2) is 22.8 Å². The Morgan fingerprint density at radius 1 is 1.00 bits per heavy atom.